The van der Waals surface area contributed by atoms with Gasteiger partial charge in [0.25, 0.3) is 0 Å². The Labute approximate surface area is 199 Å². The van der Waals surface area contributed by atoms with E-state index in [0.29, 0.717) is 12.4 Å². The van der Waals surface area contributed by atoms with E-state index in [9.17, 15) is 13.6 Å². The van der Waals surface area contributed by atoms with Crippen molar-refractivity contribution < 1.29 is 18.7 Å². The maximum atomic E-state index is 14.2. The monoisotopic (exact) mass is 467 g/mol. The number of carbonyl (C=O) groups is 1. The van der Waals surface area contributed by atoms with Crippen LogP contribution in [0.25, 0.3) is 0 Å². The summed E-state index contributed by atoms with van der Waals surface area (Å²) in [6, 6.07) is 16.6. The van der Waals surface area contributed by atoms with Gasteiger partial charge in [0.2, 0.25) is 0 Å². The van der Waals surface area contributed by atoms with E-state index in [1.807, 2.05) is 23.1 Å². The fourth-order valence-corrected chi connectivity index (χ4v) is 3.95. The van der Waals surface area contributed by atoms with Crippen LogP contribution in [-0.4, -0.2) is 29.3 Å². The van der Waals surface area contributed by atoms with E-state index >= 15 is 0 Å². The maximum absolute atomic E-state index is 14.2. The van der Waals surface area contributed by atoms with Crippen molar-refractivity contribution in [2.75, 3.05) is 23.0 Å². The molecule has 4 rings (SSSR count). The van der Waals surface area contributed by atoms with Gasteiger partial charge in [0.15, 0.2) is 0 Å². The molecule has 2 aromatic carbocycles. The molecule has 5 nitrogen and oxygen atoms in total. The molecule has 1 aliphatic rings. The number of pyridine rings is 1. The van der Waals surface area contributed by atoms with Crippen LogP contribution in [0.1, 0.15) is 55.9 Å². The molecule has 1 N–H and O–H groups in total. The van der Waals surface area contributed by atoms with Crippen LogP contribution < -0.4 is 9.80 Å². The van der Waals surface area contributed by atoms with Crippen LogP contribution in [0, 0.1) is 11.6 Å². The highest BCUT2D eigenvalue weighted by Gasteiger charge is 2.27. The van der Waals surface area contributed by atoms with E-state index in [2.05, 4.69) is 22.9 Å². The summed E-state index contributed by atoms with van der Waals surface area (Å²) in [5, 5.41) is 8.32. The second kappa shape index (κ2) is 12.7. The Morgan fingerprint density at radius 1 is 0.912 bits per heavy atom. The van der Waals surface area contributed by atoms with Crippen LogP contribution in [-0.2, 0) is 0 Å². The first-order valence-corrected chi connectivity index (χ1v) is 11.7. The second-order valence-corrected chi connectivity index (χ2v) is 8.21. The van der Waals surface area contributed by atoms with Gasteiger partial charge in [0.1, 0.15) is 17.3 Å². The highest BCUT2D eigenvalue weighted by molar-refractivity contribution is 5.85. The molecule has 0 radical (unpaired) electrons. The van der Waals surface area contributed by atoms with Gasteiger partial charge in [-0.3, -0.25) is 0 Å². The minimum Gasteiger partial charge on any atom is -0.477 e. The number of aromatic nitrogens is 1. The van der Waals surface area contributed by atoms with Gasteiger partial charge in [-0.1, -0.05) is 57.2 Å². The lowest BCUT2D eigenvalue weighted by molar-refractivity contribution is 0.0690. The van der Waals surface area contributed by atoms with Crippen LogP contribution >= 0.6 is 0 Å². The number of rotatable bonds is 9. The first-order chi connectivity index (χ1) is 16.5. The molecule has 1 aromatic heterocycles. The summed E-state index contributed by atoms with van der Waals surface area (Å²) in [6.45, 7) is 3.80. The lowest BCUT2D eigenvalue weighted by Gasteiger charge is -2.22. The Kier molecular flexibility index (Phi) is 9.38. The molecule has 0 bridgehead atoms. The number of carboxylic acid groups (broad SMARTS) is 1. The number of aromatic carboxylic acids is 1. The summed E-state index contributed by atoms with van der Waals surface area (Å²) < 4.78 is 27.5. The van der Waals surface area contributed by atoms with Gasteiger partial charge in [-0.15, -0.1) is 0 Å². The molecule has 1 aliphatic heterocycles. The Bertz CT molecular complexity index is 1060. The van der Waals surface area contributed by atoms with Crippen molar-refractivity contribution in [3.63, 3.8) is 0 Å². The molecule has 0 spiro atoms. The third-order valence-corrected chi connectivity index (χ3v) is 5.69. The zero-order valence-electron chi connectivity index (χ0n) is 19.5. The molecule has 0 fully saturated rings. The molecular weight excluding hydrogens is 436 g/mol. The predicted octanol–water partition coefficient (Wildman–Crippen LogP) is 7.02. The van der Waals surface area contributed by atoms with Crippen molar-refractivity contribution in [3.05, 3.63) is 84.2 Å². The zero-order valence-corrected chi connectivity index (χ0v) is 19.5. The summed E-state index contributed by atoms with van der Waals surface area (Å²) in [7, 11) is 0. The molecule has 0 aliphatic carbocycles. The Hall–Kier alpha value is -3.48. The van der Waals surface area contributed by atoms with Crippen molar-refractivity contribution in [1.29, 1.82) is 0 Å². The Morgan fingerprint density at radius 2 is 1.62 bits per heavy atom. The van der Waals surface area contributed by atoms with E-state index in [1.165, 1.54) is 56.5 Å². The average molecular weight is 468 g/mol. The topological polar surface area (TPSA) is 56.7 Å². The number of anilines is 3. The standard InChI is InChI=1S/C21H26F2N2.C6H5NO2/c1-2-3-4-5-6-9-14-24-16-25(21-11-8-7-10-20(21)24)19-13-12-17(22)15-18(19)23;8-6(9)5-3-1-2-4-7-5/h7-8,10-13,15H,2-6,9,14,16H2,1H3;1-4H,(H,8,9). The van der Waals surface area contributed by atoms with E-state index in [4.69, 9.17) is 5.11 Å². The smallest absolute Gasteiger partial charge is 0.354 e. The molecule has 180 valence electrons. The number of carboxylic acids is 1. The van der Waals surface area contributed by atoms with Crippen molar-refractivity contribution in [2.45, 2.75) is 45.4 Å². The van der Waals surface area contributed by atoms with Gasteiger partial charge in [0, 0.05) is 18.8 Å². The van der Waals surface area contributed by atoms with Gasteiger partial charge in [-0.25, -0.2) is 18.6 Å². The maximum Gasteiger partial charge on any atom is 0.354 e. The van der Waals surface area contributed by atoms with Gasteiger partial charge in [-0.05, 0) is 42.8 Å². The number of nitrogens with zero attached hydrogens (tertiary/aromatic N) is 3. The first-order valence-electron chi connectivity index (χ1n) is 11.7. The van der Waals surface area contributed by atoms with Crippen LogP contribution in [0.15, 0.2) is 66.9 Å². The van der Waals surface area contributed by atoms with E-state index < -0.39 is 17.6 Å². The van der Waals surface area contributed by atoms with Crippen LogP contribution in [0.2, 0.25) is 0 Å². The third kappa shape index (κ3) is 6.76. The molecule has 0 unspecified atom stereocenters. The zero-order chi connectivity index (χ0) is 24.3. The molecule has 0 saturated carbocycles. The lowest BCUT2D eigenvalue weighted by Crippen LogP contribution is -2.29. The van der Waals surface area contributed by atoms with Gasteiger partial charge in [0.05, 0.1) is 23.7 Å². The minimum absolute atomic E-state index is 0.0810. The highest BCUT2D eigenvalue weighted by atomic mass is 19.1. The largest absolute Gasteiger partial charge is 0.477 e. The Balaban J connectivity index is 0.000000302. The Morgan fingerprint density at radius 3 is 2.26 bits per heavy atom. The van der Waals surface area contributed by atoms with Gasteiger partial charge in [-0.2, -0.15) is 0 Å². The highest BCUT2D eigenvalue weighted by Crippen LogP contribution is 2.41. The molecule has 0 atom stereocenters. The van der Waals surface area contributed by atoms with Crippen LogP contribution in [0.3, 0.4) is 0 Å². The first kappa shape index (κ1) is 25.1. The van der Waals surface area contributed by atoms with Crippen LogP contribution in [0.5, 0.6) is 0 Å². The molecule has 3 aromatic rings. The molecule has 0 amide bonds. The number of fused-ring (bicyclic) bond motifs is 1. The summed E-state index contributed by atoms with van der Waals surface area (Å²) >= 11 is 0. The number of halogens is 2. The summed E-state index contributed by atoms with van der Waals surface area (Å²) in [5.41, 5.74) is 2.62. The molecule has 7 heteroatoms. The number of hydrogen-bond donors (Lipinski definition) is 1. The molecule has 0 saturated heterocycles. The average Bonchev–Trinajstić information content (AvgIpc) is 3.21. The number of unbranched alkanes of at least 4 members (excludes halogenated alkanes) is 5. The van der Waals surface area contributed by atoms with Crippen molar-refractivity contribution in [1.82, 2.24) is 4.98 Å². The minimum atomic E-state index is -0.990. The van der Waals surface area contributed by atoms with Crippen molar-refractivity contribution in [3.8, 4) is 0 Å². The molecule has 34 heavy (non-hydrogen) atoms. The number of benzene rings is 2. The van der Waals surface area contributed by atoms with Crippen LogP contribution in [0.4, 0.5) is 25.8 Å². The molecular formula is C27H31F2N3O2. The summed E-state index contributed by atoms with van der Waals surface area (Å²) in [5.74, 6) is -2.05. The quantitative estimate of drug-likeness (QED) is 0.343. The molecule has 2 heterocycles. The lowest BCUT2D eigenvalue weighted by atomic mass is 10.1. The van der Waals surface area contributed by atoms with E-state index in [1.54, 1.807) is 12.1 Å². The second-order valence-electron chi connectivity index (χ2n) is 8.21. The van der Waals surface area contributed by atoms with E-state index in [-0.39, 0.29) is 5.69 Å². The fraction of sp³-hybridized carbons (Fsp3) is 0.333. The third-order valence-electron chi connectivity index (χ3n) is 5.69. The van der Waals surface area contributed by atoms with Crippen molar-refractivity contribution in [2.24, 2.45) is 0 Å². The number of hydrogen-bond acceptors (Lipinski definition) is 4. The van der Waals surface area contributed by atoms with Gasteiger partial charge >= 0.3 is 5.97 Å². The van der Waals surface area contributed by atoms with Crippen molar-refractivity contribution >= 4 is 23.0 Å². The SMILES string of the molecule is CCCCCCCCN1CN(c2ccc(F)cc2F)c2ccccc21.O=C(O)c1ccccn1. The van der Waals surface area contributed by atoms with Gasteiger partial charge < -0.3 is 14.9 Å². The normalized spacial score (nSPS) is 12.2. The fourth-order valence-electron chi connectivity index (χ4n) is 3.95. The summed E-state index contributed by atoms with van der Waals surface area (Å²) in [4.78, 5) is 17.9. The van der Waals surface area contributed by atoms with E-state index in [0.717, 1.165) is 30.4 Å². The predicted molar refractivity (Wildman–Crippen MR) is 132 cm³/mol. The summed E-state index contributed by atoms with van der Waals surface area (Å²) in [6.07, 6.45) is 8.96. The number of para-hydroxylation sites is 2.